The molecular weight excluding hydrogens is 147 g/mol. The summed E-state index contributed by atoms with van der Waals surface area (Å²) in [5, 5.41) is 7.30. The topological polar surface area (TPSA) is 20.2 Å². The Kier molecular flexibility index (Phi) is 2.00. The second-order valence-corrected chi connectivity index (χ2v) is 1.46. The molecule has 1 N–H and O–H groups in total. The van der Waals surface area contributed by atoms with Gasteiger partial charge in [-0.05, 0) is 0 Å². The summed E-state index contributed by atoms with van der Waals surface area (Å²) in [5.41, 5.74) is 0. The van der Waals surface area contributed by atoms with Gasteiger partial charge in [0.25, 0.3) is 0 Å². The van der Waals surface area contributed by atoms with Gasteiger partial charge < -0.3 is 5.11 Å². The Morgan fingerprint density at radius 1 is 1.00 bits per heavy atom. The molecule has 0 fully saturated rings. The molecule has 0 aliphatic carbocycles. The van der Waals surface area contributed by atoms with Crippen molar-refractivity contribution in [3.63, 3.8) is 0 Å². The summed E-state index contributed by atoms with van der Waals surface area (Å²) in [6, 6.07) is 0. The van der Waals surface area contributed by atoms with Gasteiger partial charge in [-0.2, -0.15) is 22.0 Å². The minimum atomic E-state index is -5.02. The summed E-state index contributed by atoms with van der Waals surface area (Å²) in [6.07, 6.45) is -12.1. The van der Waals surface area contributed by atoms with Gasteiger partial charge in [-0.15, -0.1) is 0 Å². The van der Waals surface area contributed by atoms with Gasteiger partial charge in [-0.25, -0.2) is 0 Å². The molecule has 0 heterocycles. The van der Waals surface area contributed by atoms with Gasteiger partial charge in [0.1, 0.15) is 6.42 Å². The fraction of sp³-hybridized carbons (Fsp3) is 1.00. The van der Waals surface area contributed by atoms with E-state index in [4.69, 9.17) is 5.11 Å². The van der Waals surface area contributed by atoms with Gasteiger partial charge in [0.15, 0.2) is 0 Å². The number of halogens is 5. The third kappa shape index (κ3) is 7.61. The predicted molar refractivity (Wildman–Crippen MR) is 17.8 cm³/mol. The molecule has 0 saturated carbocycles. The van der Waals surface area contributed by atoms with Gasteiger partial charge in [0, 0.05) is 0 Å². The van der Waals surface area contributed by atoms with E-state index < -0.39 is 18.7 Å². The highest BCUT2D eigenvalue weighted by Gasteiger charge is 2.41. The molecule has 0 aromatic heterocycles. The highest BCUT2D eigenvalue weighted by molar-refractivity contribution is 4.56. The molecule has 0 spiro atoms. The zero-order valence-electron chi connectivity index (χ0n) is 4.04. The first-order valence-corrected chi connectivity index (χ1v) is 1.88. The molecule has 1 nitrogen and oxygen atoms in total. The minimum Gasteiger partial charge on any atom is -0.336 e. The van der Waals surface area contributed by atoms with E-state index in [1.54, 1.807) is 0 Å². The van der Waals surface area contributed by atoms with E-state index in [9.17, 15) is 22.0 Å². The Hall–Kier alpha value is -0.390. The van der Waals surface area contributed by atoms with Crippen molar-refractivity contribution in [2.75, 3.05) is 0 Å². The largest absolute Gasteiger partial charge is 0.397 e. The van der Waals surface area contributed by atoms with Crippen LogP contribution in [0, 0.1) is 0 Å². The normalized spacial score (nSPS) is 14.0. The number of alkyl halides is 5. The van der Waals surface area contributed by atoms with Gasteiger partial charge in [-0.3, -0.25) is 0 Å². The second kappa shape index (κ2) is 2.09. The lowest BCUT2D eigenvalue weighted by molar-refractivity contribution is -0.268. The van der Waals surface area contributed by atoms with Gasteiger partial charge >= 0.3 is 12.3 Å². The van der Waals surface area contributed by atoms with Crippen molar-refractivity contribution >= 4 is 0 Å². The second-order valence-electron chi connectivity index (χ2n) is 1.46. The highest BCUT2D eigenvalue weighted by atomic mass is 19.4. The van der Waals surface area contributed by atoms with Crippen LogP contribution in [-0.2, 0) is 0 Å². The van der Waals surface area contributed by atoms with Crippen molar-refractivity contribution < 1.29 is 27.1 Å². The van der Waals surface area contributed by atoms with Crippen molar-refractivity contribution in [2.24, 2.45) is 0 Å². The molecule has 0 radical (unpaired) electrons. The summed E-state index contributed by atoms with van der Waals surface area (Å²) < 4.78 is 54.8. The van der Waals surface area contributed by atoms with Crippen LogP contribution in [0.3, 0.4) is 0 Å². The minimum absolute atomic E-state index is 2.49. The smallest absolute Gasteiger partial charge is 0.336 e. The molecule has 0 unspecified atom stereocenters. The fourth-order valence-electron chi connectivity index (χ4n) is 0.241. The molecule has 9 heavy (non-hydrogen) atoms. The predicted octanol–water partition coefficient (Wildman–Crippen LogP) is 1.52. The van der Waals surface area contributed by atoms with E-state index in [0.29, 0.717) is 0 Å². The van der Waals surface area contributed by atoms with E-state index in [1.807, 2.05) is 0 Å². The summed E-state index contributed by atoms with van der Waals surface area (Å²) in [5.74, 6) is 0. The van der Waals surface area contributed by atoms with Crippen LogP contribution in [0.25, 0.3) is 0 Å². The monoisotopic (exact) mass is 150 g/mol. The van der Waals surface area contributed by atoms with Crippen LogP contribution in [0.4, 0.5) is 22.0 Å². The maximum atomic E-state index is 11.1. The van der Waals surface area contributed by atoms with E-state index in [1.165, 1.54) is 0 Å². The quantitative estimate of drug-likeness (QED) is 0.562. The maximum Gasteiger partial charge on any atom is 0.397 e. The number of hydrogen-bond acceptors (Lipinski definition) is 1. The first kappa shape index (κ1) is 8.61. The Morgan fingerprint density at radius 3 is 1.33 bits per heavy atom. The van der Waals surface area contributed by atoms with Crippen LogP contribution in [0.2, 0.25) is 0 Å². The average molecular weight is 150 g/mol. The number of aliphatic hydroxyl groups is 1. The van der Waals surface area contributed by atoms with E-state index in [2.05, 4.69) is 0 Å². The molecule has 0 aromatic carbocycles. The van der Waals surface area contributed by atoms with Crippen LogP contribution in [0.15, 0.2) is 0 Å². The van der Waals surface area contributed by atoms with Crippen molar-refractivity contribution in [1.82, 2.24) is 0 Å². The Labute approximate surface area is 47.1 Å². The Bertz CT molecular complexity index is 77.4. The molecule has 56 valence electrons. The molecule has 0 rings (SSSR count). The van der Waals surface area contributed by atoms with E-state index in [0.717, 1.165) is 0 Å². The van der Waals surface area contributed by atoms with E-state index >= 15 is 0 Å². The Balaban J connectivity index is 3.75. The van der Waals surface area contributed by atoms with Crippen LogP contribution in [0.1, 0.15) is 6.42 Å². The lowest BCUT2D eigenvalue weighted by Gasteiger charge is -2.10. The SMILES string of the molecule is OC(F)(F)CC(F)(F)F. The zero-order chi connectivity index (χ0) is 7.71. The van der Waals surface area contributed by atoms with Crippen molar-refractivity contribution in [3.05, 3.63) is 0 Å². The molecule has 0 aromatic rings. The van der Waals surface area contributed by atoms with Crippen molar-refractivity contribution in [1.29, 1.82) is 0 Å². The summed E-state index contributed by atoms with van der Waals surface area (Å²) in [4.78, 5) is 0. The maximum absolute atomic E-state index is 11.1. The van der Waals surface area contributed by atoms with Crippen LogP contribution in [0.5, 0.6) is 0 Å². The van der Waals surface area contributed by atoms with Gasteiger partial charge in [-0.1, -0.05) is 0 Å². The van der Waals surface area contributed by atoms with Crippen LogP contribution < -0.4 is 0 Å². The summed E-state index contributed by atoms with van der Waals surface area (Å²) in [7, 11) is 0. The molecule has 0 aliphatic heterocycles. The summed E-state index contributed by atoms with van der Waals surface area (Å²) in [6.45, 7) is 0. The molecule has 0 atom stereocenters. The molecular formula is C3H3F5O. The lowest BCUT2D eigenvalue weighted by atomic mass is 10.4. The molecule has 0 amide bonds. The fourth-order valence-corrected chi connectivity index (χ4v) is 0.241. The third-order valence-electron chi connectivity index (χ3n) is 0.413. The van der Waals surface area contributed by atoms with Crippen LogP contribution in [-0.4, -0.2) is 17.4 Å². The van der Waals surface area contributed by atoms with Crippen molar-refractivity contribution in [3.8, 4) is 0 Å². The average Bonchev–Trinajstić information content (AvgIpc) is 1.14. The molecule has 0 bridgehead atoms. The summed E-state index contributed by atoms with van der Waals surface area (Å²) >= 11 is 0. The Morgan fingerprint density at radius 2 is 1.33 bits per heavy atom. The van der Waals surface area contributed by atoms with Gasteiger partial charge in [0.2, 0.25) is 0 Å². The first-order chi connectivity index (χ1) is 3.71. The van der Waals surface area contributed by atoms with E-state index in [-0.39, 0.29) is 0 Å². The molecule has 0 aliphatic rings. The van der Waals surface area contributed by atoms with Crippen LogP contribution >= 0.6 is 0 Å². The lowest BCUT2D eigenvalue weighted by Crippen LogP contribution is -2.24. The molecule has 6 heteroatoms. The zero-order valence-corrected chi connectivity index (χ0v) is 4.04. The van der Waals surface area contributed by atoms with Crippen molar-refractivity contribution in [2.45, 2.75) is 18.7 Å². The number of hydrogen-bond donors (Lipinski definition) is 1. The standard InChI is InChI=1S/C3H3F5O/c4-2(5,6)1-3(7,8)9/h9H,1H2. The molecule has 0 saturated heterocycles. The number of rotatable bonds is 1. The third-order valence-corrected chi connectivity index (χ3v) is 0.413. The first-order valence-electron chi connectivity index (χ1n) is 1.88. The highest BCUT2D eigenvalue weighted by Crippen LogP contribution is 2.28. The van der Waals surface area contributed by atoms with Gasteiger partial charge in [0.05, 0.1) is 0 Å².